The Morgan fingerprint density at radius 2 is 2.04 bits per heavy atom. The monoisotopic (exact) mass is 352 g/mol. The minimum atomic E-state index is -0.167. The van der Waals surface area contributed by atoms with Gasteiger partial charge in [0.05, 0.1) is 12.8 Å². The van der Waals surface area contributed by atoms with E-state index in [1.165, 1.54) is 7.11 Å². The molecule has 0 aliphatic heterocycles. The van der Waals surface area contributed by atoms with Gasteiger partial charge in [0.25, 0.3) is 0 Å². The largest absolute Gasteiger partial charge is 0.469 e. The number of rotatable bonds is 11. The second kappa shape index (κ2) is 12.3. The Kier molecular flexibility index (Phi) is 10.4. The number of carbonyl (C=O) groups excluding carboxylic acids is 1. The molecule has 0 aliphatic carbocycles. The number of ether oxygens (including phenoxy) is 1. The number of nitrogens with one attached hydrogen (secondary N) is 2. The van der Waals surface area contributed by atoms with Crippen LogP contribution in [0, 0.1) is 0 Å². The summed E-state index contributed by atoms with van der Waals surface area (Å²) in [6.45, 7) is 8.32. The molecule has 0 bridgehead atoms. The summed E-state index contributed by atoms with van der Waals surface area (Å²) in [5.74, 6) is 1.78. The molecule has 0 unspecified atom stereocenters. The minimum absolute atomic E-state index is 0.167. The van der Waals surface area contributed by atoms with Crippen LogP contribution in [0.1, 0.15) is 70.2 Å². The van der Waals surface area contributed by atoms with Crippen LogP contribution in [0.2, 0.25) is 0 Å². The summed E-state index contributed by atoms with van der Waals surface area (Å²) in [4.78, 5) is 15.6. The summed E-state index contributed by atoms with van der Waals surface area (Å²) in [5, 5.41) is 10.6. The average molecular weight is 352 g/mol. The Morgan fingerprint density at radius 1 is 1.28 bits per heavy atom. The van der Waals surface area contributed by atoms with Crippen molar-refractivity contribution in [3.63, 3.8) is 0 Å². The molecule has 1 rings (SSSR count). The van der Waals surface area contributed by atoms with Crippen molar-refractivity contribution >= 4 is 11.9 Å². The Morgan fingerprint density at radius 3 is 2.68 bits per heavy atom. The van der Waals surface area contributed by atoms with Crippen LogP contribution >= 0.6 is 0 Å². The van der Waals surface area contributed by atoms with Gasteiger partial charge in [-0.2, -0.15) is 0 Å². The van der Waals surface area contributed by atoms with Crippen molar-refractivity contribution in [1.29, 1.82) is 0 Å². The third-order valence-electron chi connectivity index (χ3n) is 4.05. The van der Waals surface area contributed by atoms with Gasteiger partial charge in [-0.1, -0.05) is 19.0 Å². The Balaban J connectivity index is 2.45. The predicted octanol–water partition coefficient (Wildman–Crippen LogP) is 2.98. The fraction of sp³-hybridized carbons (Fsp3) is 0.722. The second-order valence-corrected chi connectivity index (χ2v) is 5.89. The molecule has 0 radical (unpaired) electrons. The van der Waals surface area contributed by atoms with Gasteiger partial charge in [-0.15, -0.1) is 0 Å². The van der Waals surface area contributed by atoms with E-state index in [1.54, 1.807) is 0 Å². The Labute approximate surface area is 150 Å². The Bertz CT molecular complexity index is 524. The van der Waals surface area contributed by atoms with Gasteiger partial charge in [0.2, 0.25) is 0 Å². The fourth-order valence-electron chi connectivity index (χ4n) is 2.50. The zero-order chi connectivity index (χ0) is 18.5. The summed E-state index contributed by atoms with van der Waals surface area (Å²) in [5.41, 5.74) is 1.01. The lowest BCUT2D eigenvalue weighted by atomic mass is 9.99. The molecule has 1 aromatic heterocycles. The lowest BCUT2D eigenvalue weighted by Gasteiger charge is -2.10. The van der Waals surface area contributed by atoms with Gasteiger partial charge in [0.1, 0.15) is 6.54 Å². The van der Waals surface area contributed by atoms with Crippen LogP contribution in [0.15, 0.2) is 15.6 Å². The molecule has 0 atom stereocenters. The zero-order valence-electron chi connectivity index (χ0n) is 15.9. The SMILES string of the molecule is CCNC(=NCc1cc(C(CC)CC)no1)NCCCCC(=O)OC. The highest BCUT2D eigenvalue weighted by atomic mass is 16.5. The van der Waals surface area contributed by atoms with E-state index in [0.29, 0.717) is 18.9 Å². The first kappa shape index (κ1) is 21.0. The highest BCUT2D eigenvalue weighted by molar-refractivity contribution is 5.79. The molecule has 1 aromatic rings. The topological polar surface area (TPSA) is 88.8 Å². The van der Waals surface area contributed by atoms with Crippen LogP contribution in [0.5, 0.6) is 0 Å². The van der Waals surface area contributed by atoms with Crippen molar-refractivity contribution in [2.24, 2.45) is 4.99 Å². The molecule has 0 saturated heterocycles. The first-order valence-corrected chi connectivity index (χ1v) is 9.18. The van der Waals surface area contributed by atoms with Gasteiger partial charge in [-0.3, -0.25) is 4.79 Å². The molecule has 0 amide bonds. The molecule has 2 N–H and O–H groups in total. The molecule has 0 saturated carbocycles. The van der Waals surface area contributed by atoms with Crippen LogP contribution in [0.3, 0.4) is 0 Å². The third kappa shape index (κ3) is 8.05. The number of aliphatic imine (C=N–C) groups is 1. The average Bonchev–Trinajstić information content (AvgIpc) is 3.08. The third-order valence-corrected chi connectivity index (χ3v) is 4.05. The van der Waals surface area contributed by atoms with Crippen LogP contribution in [-0.2, 0) is 16.1 Å². The minimum Gasteiger partial charge on any atom is -0.469 e. The van der Waals surface area contributed by atoms with Gasteiger partial charge in [0.15, 0.2) is 11.7 Å². The standard InChI is InChI=1S/C18H32N4O3/c1-5-14(6-2)16-12-15(25-22-16)13-21-18(19-7-3)20-11-9-8-10-17(23)24-4/h12,14H,5-11,13H2,1-4H3,(H2,19,20,21). The first-order chi connectivity index (χ1) is 12.1. The number of hydrogen-bond acceptors (Lipinski definition) is 5. The predicted molar refractivity (Wildman–Crippen MR) is 98.5 cm³/mol. The molecule has 0 aliphatic rings. The molecule has 0 spiro atoms. The molecular formula is C18H32N4O3. The van der Waals surface area contributed by atoms with E-state index in [2.05, 4.69) is 39.4 Å². The van der Waals surface area contributed by atoms with Crippen molar-refractivity contribution < 1.29 is 14.1 Å². The number of aromatic nitrogens is 1. The zero-order valence-corrected chi connectivity index (χ0v) is 15.9. The number of methoxy groups -OCH3 is 1. The van der Waals surface area contributed by atoms with Crippen LogP contribution in [0.4, 0.5) is 0 Å². The van der Waals surface area contributed by atoms with Crippen LogP contribution in [0.25, 0.3) is 0 Å². The number of carbonyl (C=O) groups is 1. The van der Waals surface area contributed by atoms with Gasteiger partial charge < -0.3 is 19.9 Å². The van der Waals surface area contributed by atoms with Gasteiger partial charge in [-0.05, 0) is 32.6 Å². The number of unbranched alkanes of at least 4 members (excludes halogenated alkanes) is 1. The summed E-state index contributed by atoms with van der Waals surface area (Å²) < 4.78 is 10.0. The maximum absolute atomic E-state index is 11.1. The number of esters is 1. The van der Waals surface area contributed by atoms with E-state index in [4.69, 9.17) is 4.52 Å². The van der Waals surface area contributed by atoms with E-state index in [1.807, 2.05) is 13.0 Å². The van der Waals surface area contributed by atoms with E-state index in [-0.39, 0.29) is 5.97 Å². The van der Waals surface area contributed by atoms with Gasteiger partial charge >= 0.3 is 5.97 Å². The van der Waals surface area contributed by atoms with Crippen molar-refractivity contribution in [3.05, 3.63) is 17.5 Å². The smallest absolute Gasteiger partial charge is 0.305 e. The van der Waals surface area contributed by atoms with Crippen molar-refractivity contribution in [2.75, 3.05) is 20.2 Å². The maximum atomic E-state index is 11.1. The quantitative estimate of drug-likeness (QED) is 0.275. The Hall–Kier alpha value is -2.05. The summed E-state index contributed by atoms with van der Waals surface area (Å²) in [6, 6.07) is 2.00. The first-order valence-electron chi connectivity index (χ1n) is 9.18. The fourth-order valence-corrected chi connectivity index (χ4v) is 2.50. The van der Waals surface area contributed by atoms with E-state index in [9.17, 15) is 4.79 Å². The molecule has 0 aromatic carbocycles. The van der Waals surface area contributed by atoms with Gasteiger partial charge in [-0.25, -0.2) is 4.99 Å². The van der Waals surface area contributed by atoms with Crippen LogP contribution in [-0.4, -0.2) is 37.3 Å². The lowest BCUT2D eigenvalue weighted by Crippen LogP contribution is -2.37. The lowest BCUT2D eigenvalue weighted by molar-refractivity contribution is -0.140. The van der Waals surface area contributed by atoms with Gasteiger partial charge in [0, 0.05) is 31.5 Å². The molecule has 0 fully saturated rings. The molecule has 25 heavy (non-hydrogen) atoms. The van der Waals surface area contributed by atoms with Crippen molar-refractivity contribution in [1.82, 2.24) is 15.8 Å². The maximum Gasteiger partial charge on any atom is 0.305 e. The van der Waals surface area contributed by atoms with E-state index >= 15 is 0 Å². The second-order valence-electron chi connectivity index (χ2n) is 5.89. The summed E-state index contributed by atoms with van der Waals surface area (Å²) >= 11 is 0. The highest BCUT2D eigenvalue weighted by Crippen LogP contribution is 2.22. The number of nitrogens with zero attached hydrogens (tertiary/aromatic N) is 2. The van der Waals surface area contributed by atoms with Crippen molar-refractivity contribution in [2.45, 2.75) is 65.3 Å². The normalized spacial score (nSPS) is 11.6. The number of hydrogen-bond donors (Lipinski definition) is 2. The summed E-state index contributed by atoms with van der Waals surface area (Å²) in [7, 11) is 1.41. The molecule has 7 heteroatoms. The molecular weight excluding hydrogens is 320 g/mol. The molecule has 142 valence electrons. The van der Waals surface area contributed by atoms with E-state index < -0.39 is 0 Å². The summed E-state index contributed by atoms with van der Waals surface area (Å²) in [6.07, 6.45) is 4.23. The molecule has 7 nitrogen and oxygen atoms in total. The number of guanidine groups is 1. The van der Waals surface area contributed by atoms with Crippen LogP contribution < -0.4 is 10.6 Å². The van der Waals surface area contributed by atoms with E-state index in [0.717, 1.165) is 56.2 Å². The van der Waals surface area contributed by atoms with Crippen molar-refractivity contribution in [3.8, 4) is 0 Å². The highest BCUT2D eigenvalue weighted by Gasteiger charge is 2.12. The molecule has 1 heterocycles.